The number of hydrogen-bond donors (Lipinski definition) is 2. The fraction of sp³-hybridized carbons (Fsp3) is 0.467. The number of amides is 1. The Morgan fingerprint density at radius 3 is 2.75 bits per heavy atom. The second-order valence-electron chi connectivity index (χ2n) is 6.03. The van der Waals surface area contributed by atoms with E-state index >= 15 is 0 Å². The summed E-state index contributed by atoms with van der Waals surface area (Å²) in [4.78, 5) is 16.4. The molecule has 1 amide bonds. The Morgan fingerprint density at radius 1 is 1.40 bits per heavy atom. The molecule has 3 N–H and O–H groups in total. The van der Waals surface area contributed by atoms with Crippen molar-refractivity contribution in [3.63, 3.8) is 0 Å². The predicted octanol–water partition coefficient (Wildman–Crippen LogP) is 2.68. The highest BCUT2D eigenvalue weighted by Crippen LogP contribution is 2.22. The molecular weight excluding hydrogens is 270 g/mol. The summed E-state index contributed by atoms with van der Waals surface area (Å²) in [6.45, 7) is 6.59. The van der Waals surface area contributed by atoms with E-state index in [1.807, 2.05) is 45.0 Å². The van der Waals surface area contributed by atoms with Gasteiger partial charge in [0.2, 0.25) is 5.91 Å². The van der Waals surface area contributed by atoms with Gasteiger partial charge >= 0.3 is 0 Å². The van der Waals surface area contributed by atoms with Gasteiger partial charge in [-0.25, -0.2) is 4.98 Å². The lowest BCUT2D eigenvalue weighted by Gasteiger charge is -2.26. The second-order valence-corrected chi connectivity index (χ2v) is 7.14. The summed E-state index contributed by atoms with van der Waals surface area (Å²) in [6.07, 6.45) is 0.342. The monoisotopic (exact) mass is 291 g/mol. The van der Waals surface area contributed by atoms with Crippen LogP contribution in [0.2, 0.25) is 0 Å². The molecule has 1 unspecified atom stereocenters. The van der Waals surface area contributed by atoms with Crippen molar-refractivity contribution >= 4 is 27.5 Å². The van der Waals surface area contributed by atoms with Crippen molar-refractivity contribution in [2.45, 2.75) is 39.8 Å². The van der Waals surface area contributed by atoms with Crippen LogP contribution in [0.5, 0.6) is 0 Å². The third-order valence-corrected chi connectivity index (χ3v) is 4.33. The van der Waals surface area contributed by atoms with E-state index in [9.17, 15) is 4.79 Å². The molecule has 5 heteroatoms. The van der Waals surface area contributed by atoms with Gasteiger partial charge in [-0.1, -0.05) is 32.9 Å². The fourth-order valence-corrected chi connectivity index (χ4v) is 2.65. The minimum atomic E-state index is -0.141. The second kappa shape index (κ2) is 5.89. The van der Waals surface area contributed by atoms with Gasteiger partial charge in [0.1, 0.15) is 5.01 Å². The van der Waals surface area contributed by atoms with E-state index in [0.29, 0.717) is 13.0 Å². The molecule has 2 rings (SSSR count). The van der Waals surface area contributed by atoms with Crippen LogP contribution in [0.1, 0.15) is 32.2 Å². The molecule has 0 aliphatic heterocycles. The zero-order valence-electron chi connectivity index (χ0n) is 12.1. The van der Waals surface area contributed by atoms with E-state index in [4.69, 9.17) is 5.73 Å². The topological polar surface area (TPSA) is 68.0 Å². The van der Waals surface area contributed by atoms with Crippen LogP contribution in [-0.2, 0) is 11.3 Å². The number of hydrogen-bond acceptors (Lipinski definition) is 4. The highest BCUT2D eigenvalue weighted by atomic mass is 32.1. The molecule has 1 atom stereocenters. The standard InChI is InChI=1S/C15H21N3OS/c1-15(2,3)12(16)8-13(19)17-9-14-18-10-6-4-5-7-11(10)20-14/h4-7,12H,8-9,16H2,1-3H3,(H,17,19). The Labute approximate surface area is 123 Å². The van der Waals surface area contributed by atoms with Gasteiger partial charge in [-0.15, -0.1) is 11.3 Å². The van der Waals surface area contributed by atoms with E-state index < -0.39 is 0 Å². The quantitative estimate of drug-likeness (QED) is 0.910. The predicted molar refractivity (Wildman–Crippen MR) is 83.5 cm³/mol. The molecule has 108 valence electrons. The molecule has 0 radical (unpaired) electrons. The molecule has 0 aliphatic carbocycles. The van der Waals surface area contributed by atoms with Gasteiger partial charge in [0.15, 0.2) is 0 Å². The van der Waals surface area contributed by atoms with Gasteiger partial charge in [0.05, 0.1) is 16.8 Å². The van der Waals surface area contributed by atoms with E-state index in [1.54, 1.807) is 11.3 Å². The first-order valence-corrected chi connectivity index (χ1v) is 7.54. The molecule has 0 spiro atoms. The number of thiazole rings is 1. The summed E-state index contributed by atoms with van der Waals surface area (Å²) in [5, 5.41) is 3.81. The first-order valence-electron chi connectivity index (χ1n) is 6.73. The molecule has 0 saturated carbocycles. The summed E-state index contributed by atoms with van der Waals surface area (Å²) in [6, 6.07) is 7.83. The minimum Gasteiger partial charge on any atom is -0.350 e. The van der Waals surface area contributed by atoms with Gasteiger partial charge in [-0.05, 0) is 17.5 Å². The Balaban J connectivity index is 1.90. The minimum absolute atomic E-state index is 0.0216. The summed E-state index contributed by atoms with van der Waals surface area (Å²) in [5.41, 5.74) is 6.93. The largest absolute Gasteiger partial charge is 0.350 e. The maximum absolute atomic E-state index is 11.9. The van der Waals surface area contributed by atoms with E-state index in [0.717, 1.165) is 15.2 Å². The molecular formula is C15H21N3OS. The average Bonchev–Trinajstić information content (AvgIpc) is 2.78. The molecule has 0 bridgehead atoms. The number of nitrogens with one attached hydrogen (secondary N) is 1. The molecule has 0 saturated heterocycles. The van der Waals surface area contributed by atoms with Gasteiger partial charge in [0.25, 0.3) is 0 Å². The Morgan fingerprint density at radius 2 is 2.10 bits per heavy atom. The van der Waals surface area contributed by atoms with Crippen molar-refractivity contribution in [3.8, 4) is 0 Å². The van der Waals surface area contributed by atoms with Crippen molar-refractivity contribution in [2.75, 3.05) is 0 Å². The van der Waals surface area contributed by atoms with Crippen LogP contribution in [0.15, 0.2) is 24.3 Å². The first-order chi connectivity index (χ1) is 9.36. The number of fused-ring (bicyclic) bond motifs is 1. The van der Waals surface area contributed by atoms with E-state index in [-0.39, 0.29) is 17.4 Å². The van der Waals surface area contributed by atoms with E-state index in [1.165, 1.54) is 0 Å². The Bertz CT molecular complexity index is 567. The number of carbonyl (C=O) groups is 1. The number of rotatable bonds is 4. The van der Waals surface area contributed by atoms with Crippen LogP contribution in [0.4, 0.5) is 0 Å². The van der Waals surface area contributed by atoms with Crippen LogP contribution in [0.25, 0.3) is 10.2 Å². The maximum Gasteiger partial charge on any atom is 0.221 e. The van der Waals surface area contributed by atoms with Crippen LogP contribution >= 0.6 is 11.3 Å². The first kappa shape index (κ1) is 14.9. The third-order valence-electron chi connectivity index (χ3n) is 3.29. The highest BCUT2D eigenvalue weighted by molar-refractivity contribution is 7.18. The molecule has 0 fully saturated rings. The zero-order valence-corrected chi connectivity index (χ0v) is 13.0. The van der Waals surface area contributed by atoms with Crippen molar-refractivity contribution in [3.05, 3.63) is 29.3 Å². The van der Waals surface area contributed by atoms with Gasteiger partial charge in [-0.3, -0.25) is 4.79 Å². The highest BCUT2D eigenvalue weighted by Gasteiger charge is 2.23. The summed E-state index contributed by atoms with van der Waals surface area (Å²) < 4.78 is 1.14. The zero-order chi connectivity index (χ0) is 14.8. The van der Waals surface area contributed by atoms with Gasteiger partial charge in [-0.2, -0.15) is 0 Å². The number of nitrogens with two attached hydrogens (primary N) is 1. The van der Waals surface area contributed by atoms with Gasteiger partial charge < -0.3 is 11.1 Å². The summed E-state index contributed by atoms with van der Waals surface area (Å²) in [7, 11) is 0. The number of carbonyl (C=O) groups excluding carboxylic acids is 1. The number of nitrogens with zero attached hydrogens (tertiary/aromatic N) is 1. The summed E-state index contributed by atoms with van der Waals surface area (Å²) >= 11 is 1.61. The maximum atomic E-state index is 11.9. The summed E-state index contributed by atoms with van der Waals surface area (Å²) in [5.74, 6) is -0.0216. The molecule has 20 heavy (non-hydrogen) atoms. The third kappa shape index (κ3) is 3.77. The van der Waals surface area contributed by atoms with Gasteiger partial charge in [0, 0.05) is 12.5 Å². The molecule has 4 nitrogen and oxygen atoms in total. The average molecular weight is 291 g/mol. The molecule has 2 aromatic rings. The van der Waals surface area contributed by atoms with E-state index in [2.05, 4.69) is 10.3 Å². The Kier molecular flexibility index (Phi) is 4.40. The fourth-order valence-electron chi connectivity index (χ4n) is 1.75. The number of para-hydroxylation sites is 1. The SMILES string of the molecule is CC(C)(C)C(N)CC(=O)NCc1nc2ccccc2s1. The van der Waals surface area contributed by atoms with Crippen LogP contribution in [-0.4, -0.2) is 16.9 Å². The lowest BCUT2D eigenvalue weighted by Crippen LogP contribution is -2.40. The molecule has 1 aromatic heterocycles. The number of aromatic nitrogens is 1. The molecule has 0 aliphatic rings. The lowest BCUT2D eigenvalue weighted by molar-refractivity contribution is -0.122. The number of benzene rings is 1. The Hall–Kier alpha value is -1.46. The van der Waals surface area contributed by atoms with Crippen LogP contribution < -0.4 is 11.1 Å². The van der Waals surface area contributed by atoms with Crippen molar-refractivity contribution < 1.29 is 4.79 Å². The molecule has 1 aromatic carbocycles. The van der Waals surface area contributed by atoms with Crippen molar-refractivity contribution in [1.29, 1.82) is 0 Å². The smallest absolute Gasteiger partial charge is 0.221 e. The van der Waals surface area contributed by atoms with Crippen molar-refractivity contribution in [1.82, 2.24) is 10.3 Å². The van der Waals surface area contributed by atoms with Crippen molar-refractivity contribution in [2.24, 2.45) is 11.1 Å². The molecule has 1 heterocycles. The van der Waals surface area contributed by atoms with Crippen LogP contribution in [0, 0.1) is 5.41 Å². The lowest BCUT2D eigenvalue weighted by atomic mass is 9.85. The normalized spacial score (nSPS) is 13.4. The van der Waals surface area contributed by atoms with Crippen LogP contribution in [0.3, 0.4) is 0 Å².